The van der Waals surface area contributed by atoms with Gasteiger partial charge >= 0.3 is 0 Å². The van der Waals surface area contributed by atoms with E-state index in [2.05, 4.69) is 0 Å². The monoisotopic (exact) mass is 227 g/mol. The van der Waals surface area contributed by atoms with Crippen molar-refractivity contribution in [2.24, 2.45) is 11.8 Å². The van der Waals surface area contributed by atoms with Crippen LogP contribution in [0.4, 0.5) is 0 Å². The summed E-state index contributed by atoms with van der Waals surface area (Å²) in [5.41, 5.74) is 0. The van der Waals surface area contributed by atoms with Crippen LogP contribution in [-0.2, 0) is 9.53 Å². The molecule has 1 amide bonds. The lowest BCUT2D eigenvalue weighted by Gasteiger charge is -2.18. The number of nitrogens with zero attached hydrogens (tertiary/aromatic N) is 1. The molecule has 1 aliphatic heterocycles. The van der Waals surface area contributed by atoms with Gasteiger partial charge in [0.2, 0.25) is 5.91 Å². The number of aliphatic hydroxyl groups excluding tert-OH is 1. The molecule has 1 heterocycles. The predicted molar refractivity (Wildman–Crippen MR) is 59.9 cm³/mol. The SMILES string of the molecule is CCOCCC(=O)N1CC2CCC(O)C2C1. The number of carbonyl (C=O) groups excluding carboxylic acids is 1. The molecule has 0 bridgehead atoms. The van der Waals surface area contributed by atoms with Gasteiger partial charge in [-0.25, -0.2) is 0 Å². The molecule has 0 aromatic carbocycles. The van der Waals surface area contributed by atoms with E-state index in [0.717, 1.165) is 25.9 Å². The minimum atomic E-state index is -0.185. The quantitative estimate of drug-likeness (QED) is 0.717. The first-order valence-corrected chi connectivity index (χ1v) is 6.26. The number of ether oxygens (including phenoxy) is 1. The van der Waals surface area contributed by atoms with Gasteiger partial charge in [-0.1, -0.05) is 0 Å². The van der Waals surface area contributed by atoms with Gasteiger partial charge in [0, 0.05) is 25.6 Å². The van der Waals surface area contributed by atoms with Crippen molar-refractivity contribution in [1.29, 1.82) is 0 Å². The topological polar surface area (TPSA) is 49.8 Å². The van der Waals surface area contributed by atoms with Gasteiger partial charge in [0.05, 0.1) is 19.1 Å². The Balaban J connectivity index is 1.78. The van der Waals surface area contributed by atoms with E-state index in [0.29, 0.717) is 31.5 Å². The van der Waals surface area contributed by atoms with Gasteiger partial charge in [0.1, 0.15) is 0 Å². The lowest BCUT2D eigenvalue weighted by atomic mass is 10.00. The van der Waals surface area contributed by atoms with Gasteiger partial charge in [-0.15, -0.1) is 0 Å². The van der Waals surface area contributed by atoms with Gasteiger partial charge in [0.15, 0.2) is 0 Å². The molecule has 16 heavy (non-hydrogen) atoms. The van der Waals surface area contributed by atoms with Gasteiger partial charge in [-0.3, -0.25) is 4.79 Å². The highest BCUT2D eigenvalue weighted by Gasteiger charge is 2.42. The van der Waals surface area contributed by atoms with E-state index in [1.54, 1.807) is 0 Å². The van der Waals surface area contributed by atoms with Crippen molar-refractivity contribution in [3.05, 3.63) is 0 Å². The molecule has 2 rings (SSSR count). The highest BCUT2D eigenvalue weighted by molar-refractivity contribution is 5.76. The third-order valence-corrected chi connectivity index (χ3v) is 3.84. The molecule has 1 aliphatic carbocycles. The van der Waals surface area contributed by atoms with E-state index in [9.17, 15) is 9.90 Å². The van der Waals surface area contributed by atoms with E-state index in [-0.39, 0.29) is 12.0 Å². The molecule has 0 spiro atoms. The maximum absolute atomic E-state index is 11.8. The molecule has 3 unspecified atom stereocenters. The fraction of sp³-hybridized carbons (Fsp3) is 0.917. The van der Waals surface area contributed by atoms with Crippen molar-refractivity contribution in [2.75, 3.05) is 26.3 Å². The minimum absolute atomic E-state index is 0.176. The molecule has 0 aromatic heterocycles. The minimum Gasteiger partial charge on any atom is -0.393 e. The van der Waals surface area contributed by atoms with Crippen LogP contribution >= 0.6 is 0 Å². The molecule has 4 nitrogen and oxygen atoms in total. The highest BCUT2D eigenvalue weighted by atomic mass is 16.5. The molecule has 4 heteroatoms. The first-order chi connectivity index (χ1) is 7.72. The van der Waals surface area contributed by atoms with Crippen LogP contribution in [0, 0.1) is 11.8 Å². The fourth-order valence-corrected chi connectivity index (χ4v) is 2.90. The van der Waals surface area contributed by atoms with Crippen LogP contribution in [0.3, 0.4) is 0 Å². The van der Waals surface area contributed by atoms with Crippen molar-refractivity contribution in [2.45, 2.75) is 32.3 Å². The highest BCUT2D eigenvalue weighted by Crippen LogP contribution is 2.38. The smallest absolute Gasteiger partial charge is 0.224 e. The molecule has 1 N–H and O–H groups in total. The van der Waals surface area contributed by atoms with E-state index in [4.69, 9.17) is 4.74 Å². The number of carbonyl (C=O) groups is 1. The van der Waals surface area contributed by atoms with Crippen molar-refractivity contribution < 1.29 is 14.6 Å². The Morgan fingerprint density at radius 3 is 2.94 bits per heavy atom. The predicted octanol–water partition coefficient (Wildman–Crippen LogP) is 0.642. The molecule has 1 saturated carbocycles. The zero-order chi connectivity index (χ0) is 11.5. The average molecular weight is 227 g/mol. The van der Waals surface area contributed by atoms with Crippen LogP contribution < -0.4 is 0 Å². The second kappa shape index (κ2) is 5.15. The molecule has 0 radical (unpaired) electrons. The number of amides is 1. The molecule has 2 fully saturated rings. The summed E-state index contributed by atoms with van der Waals surface area (Å²) in [5, 5.41) is 9.75. The Kier molecular flexibility index (Phi) is 3.82. The summed E-state index contributed by atoms with van der Waals surface area (Å²) >= 11 is 0. The molecule has 3 atom stereocenters. The number of rotatable bonds is 4. The molecule has 0 aromatic rings. The number of aliphatic hydroxyl groups is 1. The maximum Gasteiger partial charge on any atom is 0.224 e. The number of hydrogen-bond donors (Lipinski definition) is 1. The third-order valence-electron chi connectivity index (χ3n) is 3.84. The Bertz CT molecular complexity index is 257. The molecule has 2 aliphatic rings. The van der Waals surface area contributed by atoms with Crippen molar-refractivity contribution in [3.8, 4) is 0 Å². The summed E-state index contributed by atoms with van der Waals surface area (Å²) in [4.78, 5) is 13.7. The van der Waals surface area contributed by atoms with E-state index >= 15 is 0 Å². The van der Waals surface area contributed by atoms with Crippen LogP contribution in [0.25, 0.3) is 0 Å². The Morgan fingerprint density at radius 2 is 2.25 bits per heavy atom. The zero-order valence-electron chi connectivity index (χ0n) is 9.89. The van der Waals surface area contributed by atoms with Crippen molar-refractivity contribution in [3.63, 3.8) is 0 Å². The maximum atomic E-state index is 11.8. The summed E-state index contributed by atoms with van der Waals surface area (Å²) in [6.45, 7) is 4.70. The summed E-state index contributed by atoms with van der Waals surface area (Å²) in [5.74, 6) is 1.04. The number of hydrogen-bond acceptors (Lipinski definition) is 3. The molecule has 92 valence electrons. The summed E-state index contributed by atoms with van der Waals surface area (Å²) in [7, 11) is 0. The first-order valence-electron chi connectivity index (χ1n) is 6.26. The van der Waals surface area contributed by atoms with Crippen molar-refractivity contribution >= 4 is 5.91 Å². The van der Waals surface area contributed by atoms with E-state index < -0.39 is 0 Å². The van der Waals surface area contributed by atoms with Crippen LogP contribution in [0.15, 0.2) is 0 Å². The Morgan fingerprint density at radius 1 is 1.44 bits per heavy atom. The van der Waals surface area contributed by atoms with Gasteiger partial charge in [-0.05, 0) is 25.7 Å². The summed E-state index contributed by atoms with van der Waals surface area (Å²) in [6, 6.07) is 0. The zero-order valence-corrected chi connectivity index (χ0v) is 9.89. The Hall–Kier alpha value is -0.610. The van der Waals surface area contributed by atoms with Crippen LogP contribution in [0.2, 0.25) is 0 Å². The number of fused-ring (bicyclic) bond motifs is 1. The third kappa shape index (κ3) is 2.38. The van der Waals surface area contributed by atoms with Crippen LogP contribution in [0.1, 0.15) is 26.2 Å². The van der Waals surface area contributed by atoms with Crippen LogP contribution in [0.5, 0.6) is 0 Å². The largest absolute Gasteiger partial charge is 0.393 e. The second-order valence-corrected chi connectivity index (χ2v) is 4.81. The molecule has 1 saturated heterocycles. The molecular weight excluding hydrogens is 206 g/mol. The Labute approximate surface area is 96.6 Å². The fourth-order valence-electron chi connectivity index (χ4n) is 2.90. The summed E-state index contributed by atoms with van der Waals surface area (Å²) < 4.78 is 5.18. The van der Waals surface area contributed by atoms with Gasteiger partial charge in [-0.2, -0.15) is 0 Å². The summed E-state index contributed by atoms with van der Waals surface area (Å²) in [6.07, 6.45) is 2.27. The van der Waals surface area contributed by atoms with Crippen LogP contribution in [-0.4, -0.2) is 48.3 Å². The normalized spacial score (nSPS) is 33.1. The first kappa shape index (κ1) is 11.9. The van der Waals surface area contributed by atoms with Crippen molar-refractivity contribution in [1.82, 2.24) is 4.90 Å². The standard InChI is InChI=1S/C12H21NO3/c1-2-16-6-5-12(15)13-7-9-3-4-11(14)10(9)8-13/h9-11,14H,2-8H2,1H3. The van der Waals surface area contributed by atoms with Gasteiger partial charge < -0.3 is 14.7 Å². The average Bonchev–Trinajstić information content (AvgIpc) is 2.82. The van der Waals surface area contributed by atoms with E-state index in [1.807, 2.05) is 11.8 Å². The second-order valence-electron chi connectivity index (χ2n) is 4.81. The van der Waals surface area contributed by atoms with Gasteiger partial charge in [0.25, 0.3) is 0 Å². The lowest BCUT2D eigenvalue weighted by Crippen LogP contribution is -2.31. The molecular formula is C12H21NO3. The van der Waals surface area contributed by atoms with E-state index in [1.165, 1.54) is 0 Å². The number of likely N-dealkylation sites (tertiary alicyclic amines) is 1. The lowest BCUT2D eigenvalue weighted by molar-refractivity contribution is -0.131.